The minimum absolute atomic E-state index is 0.233. The molecule has 4 nitrogen and oxygen atoms in total. The Morgan fingerprint density at radius 1 is 1.37 bits per heavy atom. The average molecular weight is 267 g/mol. The van der Waals surface area contributed by atoms with E-state index in [-0.39, 0.29) is 5.91 Å². The predicted molar refractivity (Wildman–Crippen MR) is 78.1 cm³/mol. The van der Waals surface area contributed by atoms with E-state index >= 15 is 0 Å². The van der Waals surface area contributed by atoms with Crippen LogP contribution in [0.15, 0.2) is 0 Å². The Hall–Kier alpha value is -0.610. The van der Waals surface area contributed by atoms with Crippen LogP contribution in [0.2, 0.25) is 0 Å². The number of likely N-dealkylation sites (tertiary alicyclic amines) is 1. The van der Waals surface area contributed by atoms with E-state index in [0.29, 0.717) is 18.4 Å². The summed E-state index contributed by atoms with van der Waals surface area (Å²) in [5.74, 6) is 0.937. The van der Waals surface area contributed by atoms with Gasteiger partial charge in [0.05, 0.1) is 0 Å². The molecule has 110 valence electrons. The van der Waals surface area contributed by atoms with Crippen molar-refractivity contribution >= 4 is 5.91 Å². The van der Waals surface area contributed by atoms with E-state index < -0.39 is 0 Å². The summed E-state index contributed by atoms with van der Waals surface area (Å²) >= 11 is 0. The maximum absolute atomic E-state index is 11.9. The smallest absolute Gasteiger partial charge is 0.220 e. The van der Waals surface area contributed by atoms with E-state index in [0.717, 1.165) is 26.1 Å². The summed E-state index contributed by atoms with van der Waals surface area (Å²) in [5.41, 5.74) is 0. The number of carbonyl (C=O) groups excluding carboxylic acids is 1. The second kappa shape index (κ2) is 7.85. The lowest BCUT2D eigenvalue weighted by Gasteiger charge is -2.24. The van der Waals surface area contributed by atoms with Gasteiger partial charge in [0.25, 0.3) is 0 Å². The fourth-order valence-electron chi connectivity index (χ4n) is 3.17. The van der Waals surface area contributed by atoms with Crippen LogP contribution in [0.5, 0.6) is 0 Å². The molecular weight excluding hydrogens is 238 g/mol. The monoisotopic (exact) mass is 267 g/mol. The third kappa shape index (κ3) is 5.11. The molecule has 2 unspecified atom stereocenters. The summed E-state index contributed by atoms with van der Waals surface area (Å²) in [7, 11) is 0. The first kappa shape index (κ1) is 14.8. The van der Waals surface area contributed by atoms with E-state index in [1.807, 2.05) is 0 Å². The molecule has 19 heavy (non-hydrogen) atoms. The van der Waals surface area contributed by atoms with Crippen LogP contribution in [0.25, 0.3) is 0 Å². The van der Waals surface area contributed by atoms with Crippen LogP contribution in [0.4, 0.5) is 0 Å². The molecule has 0 saturated carbocycles. The fourth-order valence-corrected chi connectivity index (χ4v) is 3.17. The first-order valence-electron chi connectivity index (χ1n) is 7.97. The van der Waals surface area contributed by atoms with Gasteiger partial charge in [0.1, 0.15) is 0 Å². The van der Waals surface area contributed by atoms with Gasteiger partial charge in [-0.15, -0.1) is 0 Å². The molecule has 2 aliphatic heterocycles. The number of rotatable bonds is 6. The summed E-state index contributed by atoms with van der Waals surface area (Å²) in [5, 5.41) is 6.51. The minimum Gasteiger partial charge on any atom is -0.355 e. The molecule has 1 amide bonds. The van der Waals surface area contributed by atoms with Crippen molar-refractivity contribution in [2.24, 2.45) is 5.92 Å². The van der Waals surface area contributed by atoms with Crippen LogP contribution >= 0.6 is 0 Å². The van der Waals surface area contributed by atoms with Crippen molar-refractivity contribution in [3.8, 4) is 0 Å². The molecule has 2 atom stereocenters. The normalized spacial score (nSPS) is 26.3. The third-order valence-corrected chi connectivity index (χ3v) is 4.54. The lowest BCUT2D eigenvalue weighted by Crippen LogP contribution is -2.40. The summed E-state index contributed by atoms with van der Waals surface area (Å²) in [6, 6.07) is 0.489. The molecule has 2 rings (SSSR count). The molecule has 2 N–H and O–H groups in total. The van der Waals surface area contributed by atoms with Gasteiger partial charge in [-0.1, -0.05) is 0 Å². The van der Waals surface area contributed by atoms with Crippen molar-refractivity contribution in [3.05, 3.63) is 0 Å². The average Bonchev–Trinajstić information content (AvgIpc) is 2.98. The molecule has 0 aromatic rings. The summed E-state index contributed by atoms with van der Waals surface area (Å²) in [4.78, 5) is 14.3. The van der Waals surface area contributed by atoms with Gasteiger partial charge < -0.3 is 10.6 Å². The van der Waals surface area contributed by atoms with E-state index in [4.69, 9.17) is 0 Å². The second-order valence-electron chi connectivity index (χ2n) is 6.15. The van der Waals surface area contributed by atoms with Crippen molar-refractivity contribution in [2.45, 2.75) is 51.5 Å². The SMILES string of the molecule is CC(CNC(=O)CCC1CCCNC1)N1CCCC1. The van der Waals surface area contributed by atoms with Gasteiger partial charge in [-0.2, -0.15) is 0 Å². The van der Waals surface area contributed by atoms with Crippen LogP contribution in [0.3, 0.4) is 0 Å². The van der Waals surface area contributed by atoms with Crippen LogP contribution < -0.4 is 10.6 Å². The fraction of sp³-hybridized carbons (Fsp3) is 0.933. The lowest BCUT2D eigenvalue weighted by molar-refractivity contribution is -0.121. The Bertz CT molecular complexity index is 271. The summed E-state index contributed by atoms with van der Waals surface area (Å²) < 4.78 is 0. The standard InChI is InChI=1S/C15H29N3O/c1-13(18-9-2-3-10-18)11-17-15(19)7-6-14-5-4-8-16-12-14/h13-14,16H,2-12H2,1H3,(H,17,19). The Kier molecular flexibility index (Phi) is 6.11. The lowest BCUT2D eigenvalue weighted by atomic mass is 9.94. The number of amides is 1. The Morgan fingerprint density at radius 3 is 2.84 bits per heavy atom. The molecular formula is C15H29N3O. The third-order valence-electron chi connectivity index (χ3n) is 4.54. The molecule has 4 heteroatoms. The zero-order chi connectivity index (χ0) is 13.5. The summed E-state index contributed by atoms with van der Waals surface area (Å²) in [6.07, 6.45) is 6.90. The maximum Gasteiger partial charge on any atom is 0.220 e. The molecule has 2 fully saturated rings. The molecule has 2 aliphatic rings. The van der Waals surface area contributed by atoms with Gasteiger partial charge in [-0.05, 0) is 71.1 Å². The highest BCUT2D eigenvalue weighted by molar-refractivity contribution is 5.75. The van der Waals surface area contributed by atoms with Crippen molar-refractivity contribution in [1.82, 2.24) is 15.5 Å². The predicted octanol–water partition coefficient (Wildman–Crippen LogP) is 1.37. The van der Waals surface area contributed by atoms with Gasteiger partial charge in [-0.3, -0.25) is 9.69 Å². The molecule has 2 heterocycles. The van der Waals surface area contributed by atoms with Crippen LogP contribution in [0, 0.1) is 5.92 Å². The molecule has 0 bridgehead atoms. The van der Waals surface area contributed by atoms with Crippen LogP contribution in [0.1, 0.15) is 45.4 Å². The van der Waals surface area contributed by atoms with E-state index in [9.17, 15) is 4.79 Å². The molecule has 0 aromatic heterocycles. The highest BCUT2D eigenvalue weighted by atomic mass is 16.1. The largest absolute Gasteiger partial charge is 0.355 e. The molecule has 2 saturated heterocycles. The van der Waals surface area contributed by atoms with Gasteiger partial charge >= 0.3 is 0 Å². The topological polar surface area (TPSA) is 44.4 Å². The van der Waals surface area contributed by atoms with E-state index in [2.05, 4.69) is 22.5 Å². The highest BCUT2D eigenvalue weighted by Gasteiger charge is 2.19. The first-order chi connectivity index (χ1) is 9.25. The number of nitrogens with zero attached hydrogens (tertiary/aromatic N) is 1. The van der Waals surface area contributed by atoms with Crippen molar-refractivity contribution in [3.63, 3.8) is 0 Å². The maximum atomic E-state index is 11.9. The number of hydrogen-bond donors (Lipinski definition) is 2. The van der Waals surface area contributed by atoms with Gasteiger partial charge in [0.15, 0.2) is 0 Å². The number of nitrogens with one attached hydrogen (secondary N) is 2. The Morgan fingerprint density at radius 2 is 2.16 bits per heavy atom. The second-order valence-corrected chi connectivity index (χ2v) is 6.15. The van der Waals surface area contributed by atoms with Crippen LogP contribution in [-0.4, -0.2) is 49.6 Å². The minimum atomic E-state index is 0.233. The van der Waals surface area contributed by atoms with Gasteiger partial charge in [0, 0.05) is 19.0 Å². The molecule has 0 aliphatic carbocycles. The number of piperidine rings is 1. The molecule has 0 radical (unpaired) electrons. The zero-order valence-electron chi connectivity index (χ0n) is 12.3. The van der Waals surface area contributed by atoms with Crippen molar-refractivity contribution in [1.29, 1.82) is 0 Å². The first-order valence-corrected chi connectivity index (χ1v) is 7.97. The van der Waals surface area contributed by atoms with E-state index in [1.165, 1.54) is 38.8 Å². The summed E-state index contributed by atoms with van der Waals surface area (Å²) in [6.45, 7) is 7.67. The number of hydrogen-bond acceptors (Lipinski definition) is 3. The van der Waals surface area contributed by atoms with Crippen LogP contribution in [-0.2, 0) is 4.79 Å². The highest BCUT2D eigenvalue weighted by Crippen LogP contribution is 2.15. The Labute approximate surface area is 117 Å². The van der Waals surface area contributed by atoms with Crippen molar-refractivity contribution in [2.75, 3.05) is 32.7 Å². The molecule has 0 aromatic carbocycles. The molecule has 0 spiro atoms. The quantitative estimate of drug-likeness (QED) is 0.764. The Balaban J connectivity index is 1.55. The zero-order valence-corrected chi connectivity index (χ0v) is 12.3. The van der Waals surface area contributed by atoms with E-state index in [1.54, 1.807) is 0 Å². The van der Waals surface area contributed by atoms with Crippen molar-refractivity contribution < 1.29 is 4.79 Å². The van der Waals surface area contributed by atoms with Gasteiger partial charge in [0.2, 0.25) is 5.91 Å². The number of carbonyl (C=O) groups is 1. The van der Waals surface area contributed by atoms with Gasteiger partial charge in [-0.25, -0.2) is 0 Å².